The van der Waals surface area contributed by atoms with Gasteiger partial charge in [0.15, 0.2) is 5.11 Å². The van der Waals surface area contributed by atoms with Crippen molar-refractivity contribution in [3.05, 3.63) is 78.4 Å². The van der Waals surface area contributed by atoms with Crippen LogP contribution in [-0.4, -0.2) is 29.4 Å². The molecule has 0 spiro atoms. The lowest BCUT2D eigenvalue weighted by atomic mass is 10.0. The van der Waals surface area contributed by atoms with Crippen LogP contribution in [0.3, 0.4) is 0 Å². The second-order valence-corrected chi connectivity index (χ2v) is 7.81. The molecule has 0 atom stereocenters. The molecule has 3 aromatic carbocycles. The molecule has 0 aliphatic carbocycles. The summed E-state index contributed by atoms with van der Waals surface area (Å²) in [5.74, 6) is -0.490. The molecule has 180 valence electrons. The van der Waals surface area contributed by atoms with Crippen molar-refractivity contribution in [2.75, 3.05) is 11.9 Å². The van der Waals surface area contributed by atoms with Crippen molar-refractivity contribution in [2.45, 2.75) is 19.8 Å². The predicted molar refractivity (Wildman–Crippen MR) is 140 cm³/mol. The van der Waals surface area contributed by atoms with E-state index in [2.05, 4.69) is 21.5 Å². The Bertz CT molecular complexity index is 1240. The molecular formula is C26H26N4O4S. The number of carbonyl (C=O) groups excluding carboxylic acids is 3. The van der Waals surface area contributed by atoms with Gasteiger partial charge in [0, 0.05) is 24.6 Å². The Hall–Kier alpha value is -4.24. The minimum atomic E-state index is -0.449. The summed E-state index contributed by atoms with van der Waals surface area (Å²) >= 11 is 5.03. The number of carbonyl (C=O) groups is 3. The summed E-state index contributed by atoms with van der Waals surface area (Å²) in [6, 6.07) is 20.6. The molecule has 0 aromatic heterocycles. The molecule has 0 saturated heterocycles. The van der Waals surface area contributed by atoms with Crippen LogP contribution in [0.1, 0.15) is 25.3 Å². The quantitative estimate of drug-likeness (QED) is 0.218. The summed E-state index contributed by atoms with van der Waals surface area (Å²) in [5, 5.41) is 7.20. The van der Waals surface area contributed by atoms with Crippen molar-refractivity contribution in [3.8, 4) is 5.75 Å². The Balaban J connectivity index is 1.37. The van der Waals surface area contributed by atoms with Crippen LogP contribution in [-0.2, 0) is 14.4 Å². The highest BCUT2D eigenvalue weighted by Gasteiger charge is 2.09. The van der Waals surface area contributed by atoms with E-state index in [1.807, 2.05) is 49.4 Å². The molecule has 0 aliphatic heterocycles. The normalized spacial score (nSPS) is 10.5. The average Bonchev–Trinajstić information content (AvgIpc) is 2.86. The summed E-state index contributed by atoms with van der Waals surface area (Å²) < 4.78 is 5.35. The third-order valence-electron chi connectivity index (χ3n) is 4.82. The van der Waals surface area contributed by atoms with Crippen molar-refractivity contribution in [1.82, 2.24) is 16.2 Å². The molecule has 0 aliphatic rings. The van der Waals surface area contributed by atoms with E-state index >= 15 is 0 Å². The zero-order chi connectivity index (χ0) is 25.0. The molecule has 8 nitrogen and oxygen atoms in total. The number of anilines is 1. The summed E-state index contributed by atoms with van der Waals surface area (Å²) in [4.78, 5) is 36.2. The predicted octanol–water partition coefficient (Wildman–Crippen LogP) is 3.69. The van der Waals surface area contributed by atoms with Crippen LogP contribution in [0.2, 0.25) is 0 Å². The van der Waals surface area contributed by atoms with Crippen molar-refractivity contribution in [1.29, 1.82) is 0 Å². The number of benzene rings is 3. The lowest BCUT2D eigenvalue weighted by Crippen LogP contribution is -2.48. The number of hydrogen-bond donors (Lipinski definition) is 4. The van der Waals surface area contributed by atoms with E-state index in [1.165, 1.54) is 6.08 Å². The number of fused-ring (bicyclic) bond motifs is 1. The van der Waals surface area contributed by atoms with Gasteiger partial charge < -0.3 is 10.1 Å². The Morgan fingerprint density at radius 2 is 1.60 bits per heavy atom. The van der Waals surface area contributed by atoms with E-state index in [0.29, 0.717) is 18.0 Å². The van der Waals surface area contributed by atoms with Gasteiger partial charge in [0.2, 0.25) is 17.7 Å². The lowest BCUT2D eigenvalue weighted by Gasteiger charge is -2.10. The number of nitrogens with one attached hydrogen (secondary N) is 4. The monoisotopic (exact) mass is 490 g/mol. The van der Waals surface area contributed by atoms with Crippen LogP contribution < -0.4 is 26.2 Å². The summed E-state index contributed by atoms with van der Waals surface area (Å²) in [5.41, 5.74) is 6.32. The van der Waals surface area contributed by atoms with Crippen LogP contribution in [0, 0.1) is 0 Å². The first-order valence-corrected chi connectivity index (χ1v) is 11.4. The lowest BCUT2D eigenvalue weighted by molar-refractivity contribution is -0.124. The van der Waals surface area contributed by atoms with Crippen molar-refractivity contribution in [2.24, 2.45) is 0 Å². The first kappa shape index (κ1) is 25.4. The highest BCUT2D eigenvalue weighted by Crippen LogP contribution is 2.19. The van der Waals surface area contributed by atoms with Gasteiger partial charge >= 0.3 is 0 Å². The molecule has 3 amide bonds. The molecule has 35 heavy (non-hydrogen) atoms. The average molecular weight is 491 g/mol. The molecule has 0 fully saturated rings. The molecule has 3 rings (SSSR count). The number of amides is 3. The first-order chi connectivity index (χ1) is 16.9. The zero-order valence-electron chi connectivity index (χ0n) is 19.2. The minimum Gasteiger partial charge on any atom is -0.494 e. The van der Waals surface area contributed by atoms with E-state index in [4.69, 9.17) is 17.0 Å². The molecule has 0 heterocycles. The van der Waals surface area contributed by atoms with Gasteiger partial charge in [-0.2, -0.15) is 0 Å². The maximum Gasteiger partial charge on any atom is 0.250 e. The standard InChI is InChI=1S/C26H26N4O4S/c1-2-34-21-13-11-20(12-14-21)27-23(31)16-17-25(33)29-30-26(35)28-24(32)15-10-19-8-5-7-18-6-3-4-9-22(18)19/h3-15H,2,16-17H2,1H3,(H,27,31)(H,29,33)(H2,28,30,32,35)/b15-10+. The second kappa shape index (κ2) is 12.9. The molecule has 0 unspecified atom stereocenters. The Kier molecular flexibility index (Phi) is 9.32. The number of rotatable bonds is 8. The highest BCUT2D eigenvalue weighted by molar-refractivity contribution is 7.80. The number of ether oxygens (including phenoxy) is 1. The highest BCUT2D eigenvalue weighted by atomic mass is 32.1. The van der Waals surface area contributed by atoms with Crippen molar-refractivity contribution >= 4 is 57.6 Å². The Morgan fingerprint density at radius 1 is 0.886 bits per heavy atom. The summed E-state index contributed by atoms with van der Waals surface area (Å²) in [6.45, 7) is 2.45. The third-order valence-corrected chi connectivity index (χ3v) is 5.02. The fourth-order valence-electron chi connectivity index (χ4n) is 3.19. The van der Waals surface area contributed by atoms with E-state index in [9.17, 15) is 14.4 Å². The molecule has 0 saturated carbocycles. The largest absolute Gasteiger partial charge is 0.494 e. The molecular weight excluding hydrogens is 464 g/mol. The summed E-state index contributed by atoms with van der Waals surface area (Å²) in [6.07, 6.45) is 2.98. The fraction of sp³-hybridized carbons (Fsp3) is 0.154. The minimum absolute atomic E-state index is 0.0202. The first-order valence-electron chi connectivity index (χ1n) is 11.0. The number of hydrogen-bond acceptors (Lipinski definition) is 5. The topological polar surface area (TPSA) is 109 Å². The van der Waals surface area contributed by atoms with Gasteiger partial charge in [-0.25, -0.2) is 0 Å². The maximum absolute atomic E-state index is 12.2. The van der Waals surface area contributed by atoms with Gasteiger partial charge in [0.1, 0.15) is 5.75 Å². The van der Waals surface area contributed by atoms with Crippen LogP contribution in [0.4, 0.5) is 5.69 Å². The van der Waals surface area contributed by atoms with Crippen molar-refractivity contribution in [3.63, 3.8) is 0 Å². The maximum atomic E-state index is 12.2. The second-order valence-electron chi connectivity index (χ2n) is 7.40. The van der Waals surface area contributed by atoms with Crippen LogP contribution in [0.15, 0.2) is 72.8 Å². The smallest absolute Gasteiger partial charge is 0.250 e. The Labute approximate surface area is 208 Å². The molecule has 0 bridgehead atoms. The van der Waals surface area contributed by atoms with Gasteiger partial charge in [-0.3, -0.25) is 30.6 Å². The number of thiocarbonyl (C=S) groups is 1. The summed E-state index contributed by atoms with van der Waals surface area (Å²) in [7, 11) is 0. The number of hydrazine groups is 1. The van der Waals surface area contributed by atoms with Crippen LogP contribution in [0.5, 0.6) is 5.75 Å². The van der Waals surface area contributed by atoms with Gasteiger partial charge in [0.05, 0.1) is 6.61 Å². The molecule has 9 heteroatoms. The fourth-order valence-corrected chi connectivity index (χ4v) is 3.34. The molecule has 0 radical (unpaired) electrons. The van der Waals surface area contributed by atoms with E-state index in [-0.39, 0.29) is 23.9 Å². The van der Waals surface area contributed by atoms with E-state index in [0.717, 1.165) is 16.3 Å². The van der Waals surface area contributed by atoms with Gasteiger partial charge in [-0.15, -0.1) is 0 Å². The van der Waals surface area contributed by atoms with Gasteiger partial charge in [-0.05, 0) is 65.8 Å². The SMILES string of the molecule is CCOc1ccc(NC(=O)CCC(=O)NNC(=S)NC(=O)/C=C/c2cccc3ccccc23)cc1. The third kappa shape index (κ3) is 8.24. The van der Waals surface area contributed by atoms with Crippen LogP contribution in [0.25, 0.3) is 16.8 Å². The Morgan fingerprint density at radius 3 is 2.37 bits per heavy atom. The van der Waals surface area contributed by atoms with Gasteiger partial charge in [0.25, 0.3) is 0 Å². The van der Waals surface area contributed by atoms with E-state index < -0.39 is 11.8 Å². The molecule has 4 N–H and O–H groups in total. The zero-order valence-corrected chi connectivity index (χ0v) is 20.0. The molecule has 3 aromatic rings. The van der Waals surface area contributed by atoms with Gasteiger partial charge in [-0.1, -0.05) is 42.5 Å². The van der Waals surface area contributed by atoms with Crippen molar-refractivity contribution < 1.29 is 19.1 Å². The van der Waals surface area contributed by atoms with Crippen LogP contribution >= 0.6 is 12.2 Å². The van der Waals surface area contributed by atoms with E-state index in [1.54, 1.807) is 30.3 Å².